The molecule has 0 aromatic carbocycles. The zero-order valence-corrected chi connectivity index (χ0v) is 31.7. The molecular weight excluding hydrogens is 685 g/mol. The molecular formula is C27H54BrNO13PSi+. The Hall–Kier alpha value is -0.943. The number of ether oxygens (including phenoxy) is 3. The largest absolute Gasteiger partial charge is 0.500 e. The highest BCUT2D eigenvalue weighted by molar-refractivity contribution is 9.10. The Kier molecular flexibility index (Phi) is 18.0. The molecule has 0 heterocycles. The first kappa shape index (κ1) is 43.1. The summed E-state index contributed by atoms with van der Waals surface area (Å²) >= 11 is 3.43. The summed E-state index contributed by atoms with van der Waals surface area (Å²) in [6.45, 7) is 7.98. The van der Waals surface area contributed by atoms with E-state index in [4.69, 9.17) is 36.5 Å². The lowest BCUT2D eigenvalue weighted by Gasteiger charge is -2.37. The Bertz CT molecular complexity index is 964. The average molecular weight is 740 g/mol. The minimum atomic E-state index is -4.36. The molecule has 3 unspecified atom stereocenters. The fraction of sp³-hybridized carbons (Fsp3) is 0.889. The molecule has 0 spiro atoms. The van der Waals surface area contributed by atoms with Gasteiger partial charge in [0.25, 0.3) is 0 Å². The van der Waals surface area contributed by atoms with Gasteiger partial charge < -0.3 is 36.9 Å². The highest BCUT2D eigenvalue weighted by Crippen LogP contribution is 2.45. The Labute approximate surface area is 272 Å². The molecule has 0 amide bonds. The van der Waals surface area contributed by atoms with Crippen LogP contribution in [0.1, 0.15) is 53.9 Å². The monoisotopic (exact) mass is 738 g/mol. The van der Waals surface area contributed by atoms with Crippen LogP contribution in [0, 0.1) is 10.8 Å². The molecule has 0 aromatic heterocycles. The molecule has 0 saturated heterocycles. The fourth-order valence-electron chi connectivity index (χ4n) is 4.47. The van der Waals surface area contributed by atoms with Crippen LogP contribution in [0.2, 0.25) is 6.04 Å². The Morgan fingerprint density at radius 1 is 0.795 bits per heavy atom. The molecule has 0 aliphatic rings. The van der Waals surface area contributed by atoms with E-state index in [1.807, 2.05) is 21.1 Å². The second-order valence-electron chi connectivity index (χ2n) is 12.5. The molecule has 0 radical (unpaired) electrons. The number of esters is 3. The van der Waals surface area contributed by atoms with E-state index in [1.54, 1.807) is 34.6 Å². The van der Waals surface area contributed by atoms with E-state index >= 15 is 0 Å². The number of nitrogens with zero attached hydrogens (tertiary/aromatic N) is 1. The van der Waals surface area contributed by atoms with Gasteiger partial charge in [0.05, 0.1) is 51.8 Å². The maximum absolute atomic E-state index is 13.5. The van der Waals surface area contributed by atoms with Gasteiger partial charge in [0.2, 0.25) is 0 Å². The first-order valence-electron chi connectivity index (χ1n) is 14.3. The fourth-order valence-corrected chi connectivity index (χ4v) is 7.59. The van der Waals surface area contributed by atoms with Crippen molar-refractivity contribution in [3.63, 3.8) is 0 Å². The molecule has 0 aliphatic heterocycles. The van der Waals surface area contributed by atoms with Gasteiger partial charge in [-0.1, -0.05) is 15.9 Å². The Morgan fingerprint density at radius 2 is 1.32 bits per heavy atom. The summed E-state index contributed by atoms with van der Waals surface area (Å²) in [5, 5.41) is 0. The van der Waals surface area contributed by atoms with Crippen molar-refractivity contribution in [2.45, 2.75) is 64.2 Å². The number of hydrogen-bond acceptors (Lipinski definition) is 12. The predicted molar refractivity (Wildman–Crippen MR) is 168 cm³/mol. The molecule has 0 bridgehead atoms. The maximum atomic E-state index is 13.5. The van der Waals surface area contributed by atoms with Crippen molar-refractivity contribution in [3.05, 3.63) is 0 Å². The van der Waals surface area contributed by atoms with E-state index in [2.05, 4.69) is 15.9 Å². The number of carbonyl (C=O) groups excluding carboxylic acids is 3. The molecule has 260 valence electrons. The molecule has 0 aliphatic carbocycles. The van der Waals surface area contributed by atoms with Crippen molar-refractivity contribution in [3.8, 4) is 0 Å². The van der Waals surface area contributed by atoms with Crippen LogP contribution in [0.25, 0.3) is 0 Å². The number of alkyl halides is 1. The highest BCUT2D eigenvalue weighted by atomic mass is 79.9. The second kappa shape index (κ2) is 18.4. The van der Waals surface area contributed by atoms with Gasteiger partial charge in [-0.05, 0) is 53.9 Å². The highest BCUT2D eigenvalue weighted by Gasteiger charge is 2.50. The van der Waals surface area contributed by atoms with Crippen molar-refractivity contribution in [2.24, 2.45) is 10.8 Å². The van der Waals surface area contributed by atoms with Gasteiger partial charge in [0.1, 0.15) is 24.1 Å². The predicted octanol–water partition coefficient (Wildman–Crippen LogP) is 3.71. The van der Waals surface area contributed by atoms with E-state index in [0.717, 1.165) is 0 Å². The number of halogens is 1. The number of likely N-dealkylation sites (N-methyl/N-ethyl adjacent to an activating group) is 1. The molecule has 0 saturated carbocycles. The number of rotatable bonds is 23. The minimum absolute atomic E-state index is 0.00797. The second-order valence-corrected chi connectivity index (χ2v) is 18.8. The quantitative estimate of drug-likeness (QED) is 0.0307. The van der Waals surface area contributed by atoms with Crippen LogP contribution in [-0.4, -0.2) is 122 Å². The topological polar surface area (TPSA) is 162 Å². The number of phosphoric ester groups is 1. The van der Waals surface area contributed by atoms with Gasteiger partial charge in [-0.3, -0.25) is 23.4 Å². The van der Waals surface area contributed by atoms with Crippen LogP contribution >= 0.6 is 23.8 Å². The average Bonchev–Trinajstić information content (AvgIpc) is 2.90. The zero-order chi connectivity index (χ0) is 34.5. The third-order valence-corrected chi connectivity index (χ3v) is 11.1. The molecule has 17 heteroatoms. The van der Waals surface area contributed by atoms with Gasteiger partial charge in [-0.15, -0.1) is 0 Å². The van der Waals surface area contributed by atoms with E-state index in [0.29, 0.717) is 23.5 Å². The van der Waals surface area contributed by atoms with Crippen molar-refractivity contribution in [2.75, 3.05) is 82.1 Å². The SMILES string of the molecule is CCOC(=O)C(C)(C)CC(C)(CC(C)(Br)C(=O)OCCC[Si](OC)(OC)OC)C(=O)OCCOP(=O)(O)OCC[N+](C)(C)C. The first-order valence-corrected chi connectivity index (χ1v) is 18.5. The van der Waals surface area contributed by atoms with Crippen LogP contribution in [0.5, 0.6) is 0 Å². The van der Waals surface area contributed by atoms with E-state index in [1.165, 1.54) is 21.3 Å². The Morgan fingerprint density at radius 3 is 1.82 bits per heavy atom. The van der Waals surface area contributed by atoms with Crippen molar-refractivity contribution >= 4 is 50.5 Å². The normalized spacial score (nSPS) is 16.8. The van der Waals surface area contributed by atoms with Gasteiger partial charge in [-0.25, -0.2) is 4.57 Å². The van der Waals surface area contributed by atoms with Crippen molar-refractivity contribution < 1.29 is 64.9 Å². The molecule has 1 N–H and O–H groups in total. The zero-order valence-electron chi connectivity index (χ0n) is 28.2. The van der Waals surface area contributed by atoms with Crippen LogP contribution in [-0.2, 0) is 55.5 Å². The van der Waals surface area contributed by atoms with E-state index in [9.17, 15) is 23.8 Å². The molecule has 44 heavy (non-hydrogen) atoms. The molecule has 0 rings (SSSR count). The van der Waals surface area contributed by atoms with Gasteiger partial charge in [0.15, 0.2) is 0 Å². The maximum Gasteiger partial charge on any atom is 0.500 e. The summed E-state index contributed by atoms with van der Waals surface area (Å²) in [4.78, 5) is 49.3. The van der Waals surface area contributed by atoms with Gasteiger partial charge >= 0.3 is 34.5 Å². The van der Waals surface area contributed by atoms with Gasteiger partial charge in [0, 0.05) is 27.4 Å². The summed E-state index contributed by atoms with van der Waals surface area (Å²) in [7, 11) is 3.00. The van der Waals surface area contributed by atoms with Crippen LogP contribution in [0.3, 0.4) is 0 Å². The van der Waals surface area contributed by atoms with Crippen LogP contribution < -0.4 is 0 Å². The van der Waals surface area contributed by atoms with Gasteiger partial charge in [-0.2, -0.15) is 0 Å². The first-order chi connectivity index (χ1) is 20.0. The van der Waals surface area contributed by atoms with E-state index in [-0.39, 0.29) is 39.3 Å². The van der Waals surface area contributed by atoms with Crippen molar-refractivity contribution in [1.29, 1.82) is 0 Å². The summed E-state index contributed by atoms with van der Waals surface area (Å²) in [6.07, 6.45) is 0.268. The number of hydrogen-bond donors (Lipinski definition) is 1. The molecule has 0 fully saturated rings. The lowest BCUT2D eigenvalue weighted by molar-refractivity contribution is -0.870. The summed E-state index contributed by atoms with van der Waals surface area (Å²) in [5.74, 6) is -1.89. The molecule has 0 aromatic rings. The summed E-state index contributed by atoms with van der Waals surface area (Å²) in [6, 6.07) is 0.421. The van der Waals surface area contributed by atoms with Crippen LogP contribution in [0.15, 0.2) is 0 Å². The summed E-state index contributed by atoms with van der Waals surface area (Å²) < 4.78 is 53.6. The third-order valence-electron chi connectivity index (χ3n) is 6.68. The number of phosphoric acid groups is 1. The lowest BCUT2D eigenvalue weighted by atomic mass is 9.69. The molecule has 3 atom stereocenters. The van der Waals surface area contributed by atoms with E-state index < -0.39 is 56.3 Å². The standard InChI is InChI=1S/C27H53BrNO13PSi/c1-12-38-22(30)25(2,3)20-26(4,23(31)40-17-18-42-43(33,34)41-16-14-29(6,7)8)21-27(5,28)24(32)39-15-13-19-44(35-9,36-10)37-11/h12-21H2,1-11H3/p+1. The molecule has 14 nitrogen and oxygen atoms in total. The lowest BCUT2D eigenvalue weighted by Crippen LogP contribution is -2.45. The Balaban J connectivity index is 5.56. The van der Waals surface area contributed by atoms with Crippen LogP contribution in [0.4, 0.5) is 0 Å². The number of quaternary nitrogens is 1. The summed E-state index contributed by atoms with van der Waals surface area (Å²) in [5.41, 5.74) is -2.52. The smallest absolute Gasteiger partial charge is 0.466 e. The number of carbonyl (C=O) groups is 3. The minimum Gasteiger partial charge on any atom is -0.466 e. The van der Waals surface area contributed by atoms with Crippen molar-refractivity contribution in [1.82, 2.24) is 0 Å². The third kappa shape index (κ3) is 15.6.